The largest absolute Gasteiger partial charge is 0.417 e. The maximum atomic E-state index is 12.6. The van der Waals surface area contributed by atoms with Crippen LogP contribution in [0.1, 0.15) is 18.9 Å². The van der Waals surface area contributed by atoms with E-state index >= 15 is 0 Å². The van der Waals surface area contributed by atoms with E-state index in [-0.39, 0.29) is 10.9 Å². The van der Waals surface area contributed by atoms with E-state index in [0.29, 0.717) is 11.9 Å². The lowest BCUT2D eigenvalue weighted by atomic mass is 10.2. The van der Waals surface area contributed by atoms with Crippen LogP contribution >= 0.6 is 15.9 Å². The molecule has 0 unspecified atom stereocenters. The van der Waals surface area contributed by atoms with E-state index in [0.717, 1.165) is 6.20 Å². The molecule has 26 heavy (non-hydrogen) atoms. The molecule has 144 valence electrons. The van der Waals surface area contributed by atoms with Gasteiger partial charge in [-0.05, 0) is 40.5 Å². The van der Waals surface area contributed by atoms with Crippen LogP contribution in [0.5, 0.6) is 0 Å². The van der Waals surface area contributed by atoms with E-state index in [1.807, 2.05) is 17.4 Å². The Hall–Kier alpha value is -2.04. The monoisotopic (exact) mass is 444 g/mol. The Labute approximate surface area is 154 Å². The van der Waals surface area contributed by atoms with Gasteiger partial charge in [0.05, 0.1) is 5.56 Å². The molecular formula is C15H15BrF6N4. The van der Waals surface area contributed by atoms with Crippen molar-refractivity contribution in [2.45, 2.75) is 31.7 Å². The van der Waals surface area contributed by atoms with Gasteiger partial charge in [-0.2, -0.15) is 26.3 Å². The zero-order valence-electron chi connectivity index (χ0n) is 13.4. The van der Waals surface area contributed by atoms with Crippen LogP contribution in [0, 0.1) is 0 Å². The summed E-state index contributed by atoms with van der Waals surface area (Å²) >= 11 is 2.66. The summed E-state index contributed by atoms with van der Waals surface area (Å²) in [4.78, 5) is 7.25. The predicted molar refractivity (Wildman–Crippen MR) is 89.3 cm³/mol. The lowest BCUT2D eigenvalue weighted by molar-refractivity contribution is -0.142. The van der Waals surface area contributed by atoms with E-state index in [1.165, 1.54) is 6.92 Å². The van der Waals surface area contributed by atoms with Crippen LogP contribution in [0.25, 0.3) is 0 Å². The highest BCUT2D eigenvalue weighted by atomic mass is 79.9. The van der Waals surface area contributed by atoms with E-state index in [4.69, 9.17) is 5.73 Å². The molecule has 3 N–H and O–H groups in total. The van der Waals surface area contributed by atoms with Gasteiger partial charge in [0.2, 0.25) is 0 Å². The minimum atomic E-state index is -4.67. The smallest absolute Gasteiger partial charge is 0.384 e. The molecule has 0 spiro atoms. The molecule has 0 fully saturated rings. The first-order chi connectivity index (χ1) is 11.9. The number of alkyl halides is 6. The molecule has 0 radical (unpaired) electrons. The number of hydrogen-bond acceptors (Lipinski definition) is 4. The quantitative estimate of drug-likeness (QED) is 0.632. The Bertz CT molecular complexity index is 691. The van der Waals surface area contributed by atoms with Gasteiger partial charge in [0, 0.05) is 16.9 Å². The van der Waals surface area contributed by atoms with Crippen molar-refractivity contribution in [3.8, 4) is 0 Å². The summed E-state index contributed by atoms with van der Waals surface area (Å²) in [6, 6.07) is 4.03. The van der Waals surface area contributed by atoms with Gasteiger partial charge < -0.3 is 11.1 Å². The van der Waals surface area contributed by atoms with Crippen molar-refractivity contribution in [3.63, 3.8) is 0 Å². The summed E-state index contributed by atoms with van der Waals surface area (Å²) in [7, 11) is 0. The molecule has 0 bridgehead atoms. The third-order valence-electron chi connectivity index (χ3n) is 2.97. The second-order valence-corrected chi connectivity index (χ2v) is 5.80. The minimum absolute atomic E-state index is 0.317. The molecule has 2 rings (SSSR count). The molecule has 0 amide bonds. The minimum Gasteiger partial charge on any atom is -0.384 e. The highest BCUT2D eigenvalue weighted by Gasteiger charge is 2.39. The van der Waals surface area contributed by atoms with Crippen molar-refractivity contribution in [3.05, 3.63) is 46.7 Å². The summed E-state index contributed by atoms with van der Waals surface area (Å²) in [6.07, 6.45) is -7.06. The first-order valence-electron chi connectivity index (χ1n) is 7.17. The molecule has 2 aromatic heterocycles. The van der Waals surface area contributed by atoms with Gasteiger partial charge in [0.15, 0.2) is 0 Å². The molecule has 0 aromatic carbocycles. The number of halogens is 7. The van der Waals surface area contributed by atoms with Gasteiger partial charge in [-0.15, -0.1) is 0 Å². The maximum absolute atomic E-state index is 12.6. The molecule has 2 heterocycles. The van der Waals surface area contributed by atoms with Crippen LogP contribution in [0.15, 0.2) is 41.1 Å². The molecule has 1 atom stereocenters. The first-order valence-corrected chi connectivity index (χ1v) is 7.97. The fourth-order valence-corrected chi connectivity index (χ4v) is 2.15. The summed E-state index contributed by atoms with van der Waals surface area (Å²) in [5.74, 6) is 0.0993. The van der Waals surface area contributed by atoms with E-state index in [2.05, 4.69) is 25.9 Å². The number of aromatic nitrogens is 2. The SMILES string of the molecule is CC[C@H](Nc1cc(C(F)(F)F)c(Br)cn1)C(F)(F)F.Nc1ccccn1. The van der Waals surface area contributed by atoms with Crippen LogP contribution in [0.2, 0.25) is 0 Å². The van der Waals surface area contributed by atoms with Crippen molar-refractivity contribution < 1.29 is 26.3 Å². The highest BCUT2D eigenvalue weighted by Crippen LogP contribution is 2.36. The lowest BCUT2D eigenvalue weighted by Crippen LogP contribution is -2.35. The second-order valence-electron chi connectivity index (χ2n) is 4.95. The van der Waals surface area contributed by atoms with Crippen LogP contribution in [0.4, 0.5) is 38.0 Å². The number of rotatable bonds is 3. The Morgan fingerprint density at radius 2 is 1.81 bits per heavy atom. The average Bonchev–Trinajstić information content (AvgIpc) is 2.53. The number of nitrogens with one attached hydrogen (secondary N) is 1. The number of nitrogens with two attached hydrogens (primary N) is 1. The van der Waals surface area contributed by atoms with Crippen molar-refractivity contribution in [1.82, 2.24) is 9.97 Å². The second kappa shape index (κ2) is 9.06. The molecule has 0 saturated heterocycles. The third-order valence-corrected chi connectivity index (χ3v) is 3.61. The molecule has 0 aliphatic carbocycles. The van der Waals surface area contributed by atoms with Gasteiger partial charge in [0.1, 0.15) is 17.7 Å². The number of pyridine rings is 2. The van der Waals surface area contributed by atoms with Crippen LogP contribution < -0.4 is 11.1 Å². The first kappa shape index (κ1) is 22.0. The average molecular weight is 445 g/mol. The predicted octanol–water partition coefficient (Wildman–Crippen LogP) is 5.28. The Balaban J connectivity index is 0.000000401. The Morgan fingerprint density at radius 3 is 2.19 bits per heavy atom. The fourth-order valence-electron chi connectivity index (χ4n) is 1.70. The van der Waals surface area contributed by atoms with Crippen molar-refractivity contribution in [1.29, 1.82) is 0 Å². The number of anilines is 2. The summed E-state index contributed by atoms with van der Waals surface area (Å²) in [5.41, 5.74) is 4.17. The Morgan fingerprint density at radius 1 is 1.15 bits per heavy atom. The molecule has 0 aliphatic rings. The summed E-state index contributed by atoms with van der Waals surface area (Å²) in [6.45, 7) is 1.27. The molecule has 0 aliphatic heterocycles. The maximum Gasteiger partial charge on any atom is 0.417 e. The zero-order chi connectivity index (χ0) is 20.0. The van der Waals surface area contributed by atoms with Crippen molar-refractivity contribution >= 4 is 27.6 Å². The normalized spacial score (nSPS) is 12.8. The van der Waals surface area contributed by atoms with Gasteiger partial charge in [-0.1, -0.05) is 13.0 Å². The van der Waals surface area contributed by atoms with Crippen molar-refractivity contribution in [2.24, 2.45) is 0 Å². The fraction of sp³-hybridized carbons (Fsp3) is 0.333. The van der Waals surface area contributed by atoms with Gasteiger partial charge >= 0.3 is 12.4 Å². The van der Waals surface area contributed by atoms with Gasteiger partial charge in [0.25, 0.3) is 0 Å². The Kier molecular flexibility index (Phi) is 7.67. The zero-order valence-corrected chi connectivity index (χ0v) is 15.0. The van der Waals surface area contributed by atoms with Gasteiger partial charge in [-0.3, -0.25) is 0 Å². The molecule has 0 saturated carbocycles. The number of nitrogens with zero attached hydrogens (tertiary/aromatic N) is 2. The third kappa shape index (κ3) is 7.06. The molecule has 11 heteroatoms. The summed E-state index contributed by atoms with van der Waals surface area (Å²) in [5, 5.41) is 1.95. The van der Waals surface area contributed by atoms with Crippen LogP contribution in [0.3, 0.4) is 0 Å². The van der Waals surface area contributed by atoms with E-state index < -0.39 is 29.8 Å². The van der Waals surface area contributed by atoms with Crippen LogP contribution in [-0.4, -0.2) is 22.2 Å². The standard InChI is InChI=1S/C10H9BrF6N2.C5H6N2/c1-2-7(10(15,16)17)19-8-3-5(9(12,13)14)6(11)4-18-8;6-5-3-1-2-4-7-5/h3-4,7H,2H2,1H3,(H,18,19);1-4H,(H2,6,7)/t7-;/m0./s1. The van der Waals surface area contributed by atoms with E-state index in [9.17, 15) is 26.3 Å². The number of hydrogen-bond donors (Lipinski definition) is 2. The molecule has 2 aromatic rings. The van der Waals surface area contributed by atoms with E-state index in [1.54, 1.807) is 12.3 Å². The summed E-state index contributed by atoms with van der Waals surface area (Å²) < 4.78 is 74.9. The van der Waals surface area contributed by atoms with Crippen LogP contribution in [-0.2, 0) is 6.18 Å². The molecule has 4 nitrogen and oxygen atoms in total. The highest BCUT2D eigenvalue weighted by molar-refractivity contribution is 9.10. The van der Waals surface area contributed by atoms with Gasteiger partial charge in [-0.25, -0.2) is 9.97 Å². The lowest BCUT2D eigenvalue weighted by Gasteiger charge is -2.21. The molecular weight excluding hydrogens is 430 g/mol. The topological polar surface area (TPSA) is 63.8 Å². The van der Waals surface area contributed by atoms with Crippen molar-refractivity contribution in [2.75, 3.05) is 11.1 Å². The number of nitrogen functional groups attached to an aromatic ring is 1.